The van der Waals surface area contributed by atoms with Crippen LogP contribution in [0.25, 0.3) is 0 Å². The molecule has 0 aromatic heterocycles. The largest absolute Gasteiger partial charge is 0.395 e. The van der Waals surface area contributed by atoms with E-state index in [9.17, 15) is 0 Å². The van der Waals surface area contributed by atoms with E-state index in [1.54, 1.807) is 0 Å². The monoisotopic (exact) mass is 72.0 g/mol. The van der Waals surface area contributed by atoms with Crippen molar-refractivity contribution in [1.29, 1.82) is 0 Å². The van der Waals surface area contributed by atoms with Crippen molar-refractivity contribution in [3.05, 3.63) is 0 Å². The lowest BCUT2D eigenvalue weighted by Gasteiger charge is -1.45. The summed E-state index contributed by atoms with van der Waals surface area (Å²) >= 11 is 0. The summed E-state index contributed by atoms with van der Waals surface area (Å²) in [5, 5.41) is 4.82. The minimum atomic E-state index is 0.168. The molecule has 0 aliphatic heterocycles. The van der Waals surface area contributed by atoms with Gasteiger partial charge in [0, 0.05) is 0 Å². The van der Waals surface area contributed by atoms with E-state index in [0.29, 0.717) is 0 Å². The van der Waals surface area contributed by atoms with Crippen LogP contribution in [0, 0.1) is 5.62 Å². The molecule has 0 heterocycles. The number of nitrogens with two attached hydrogens (primary N) is 2. The molecule has 0 radical (unpaired) electrons. The first-order chi connectivity index (χ1) is 1.91. The lowest BCUT2D eigenvalue weighted by molar-refractivity contribution is 1.75. The van der Waals surface area contributed by atoms with Gasteiger partial charge in [0.05, 0.1) is 0 Å². The van der Waals surface area contributed by atoms with Crippen LogP contribution in [-0.2, 0) is 0 Å². The van der Waals surface area contributed by atoms with Crippen molar-refractivity contribution in [2.24, 2.45) is 11.1 Å². The molecule has 4 N–H and O–H groups in total. The normalized spacial score (nSPS) is 3.00. The third-order valence-corrected chi connectivity index (χ3v) is 0.250. The Morgan fingerprint density at radius 2 is 2.00 bits per heavy atom. The molecule has 0 saturated carbocycles. The highest BCUT2D eigenvalue weighted by molar-refractivity contribution is 6.17. The van der Waals surface area contributed by atoms with Crippen LogP contribution in [0.5, 0.6) is 0 Å². The van der Waals surface area contributed by atoms with E-state index in [-0.39, 0.29) is 9.12 Å². The molecule has 0 atom stereocenters. The van der Waals surface area contributed by atoms with Crippen LogP contribution in [0.4, 0.5) is 0 Å². The van der Waals surface area contributed by atoms with Gasteiger partial charge in [0.2, 0.25) is 0 Å². The summed E-state index contributed by atoms with van der Waals surface area (Å²) in [6, 6.07) is 0. The van der Waals surface area contributed by atoms with Gasteiger partial charge in [0.15, 0.2) is 0 Å². The van der Waals surface area contributed by atoms with Gasteiger partial charge < -0.3 is 11.1 Å². The van der Waals surface area contributed by atoms with Crippen LogP contribution in [0.3, 0.4) is 0 Å². The van der Waals surface area contributed by atoms with Crippen LogP contribution in [0.15, 0.2) is 0 Å². The van der Waals surface area contributed by atoms with E-state index in [0.717, 1.165) is 0 Å². The first kappa shape index (κ1) is 3.60. The quantitative estimate of drug-likeness (QED) is 0.268. The fourth-order valence-electron chi connectivity index (χ4n) is 0. The van der Waals surface area contributed by atoms with Crippen molar-refractivity contribution in [1.82, 2.24) is 0 Å². The van der Waals surface area contributed by atoms with Crippen molar-refractivity contribution in [2.45, 2.75) is 0 Å². The minimum absolute atomic E-state index is 0.168. The van der Waals surface area contributed by atoms with Crippen molar-refractivity contribution in [2.75, 3.05) is 0 Å². The third kappa shape index (κ3) is 1.60. The second-order valence-electron chi connectivity index (χ2n) is 0.289. The Kier molecular flexibility index (Phi) is 2.34. The highest BCUT2D eigenvalue weighted by Crippen LogP contribution is 0.932. The highest BCUT2D eigenvalue weighted by atomic mass is 28.2. The van der Waals surface area contributed by atoms with Crippen molar-refractivity contribution in [3.63, 3.8) is 0 Å². The Bertz CT molecular complexity index is 42.8. The van der Waals surface area contributed by atoms with Crippen LogP contribution in [0.2, 0.25) is 0 Å². The summed E-state index contributed by atoms with van der Waals surface area (Å²) < 4.78 is 0. The number of hydrogen-bond donors (Lipinski definition) is 2. The van der Waals surface area contributed by atoms with E-state index in [4.69, 9.17) is 5.40 Å². The lowest BCUT2D eigenvalue weighted by Crippen LogP contribution is -1.91. The molecule has 0 aromatic carbocycles. The maximum Gasteiger partial charge on any atom is 0.137 e. The number of hydrogen-bond acceptors (Lipinski definition) is 2. The van der Waals surface area contributed by atoms with Gasteiger partial charge in [-0.15, -0.1) is 0 Å². The molecule has 0 spiro atoms. The lowest BCUT2D eigenvalue weighted by atomic mass is 11.6. The Morgan fingerprint density at radius 1 is 1.75 bits per heavy atom. The first-order valence-corrected chi connectivity index (χ1v) is 1.90. The van der Waals surface area contributed by atoms with E-state index in [1.807, 2.05) is 0 Å². The van der Waals surface area contributed by atoms with Gasteiger partial charge in [-0.2, -0.15) is 0 Å². The first-order valence-electron chi connectivity index (χ1n) is 0.827. The summed E-state index contributed by atoms with van der Waals surface area (Å²) in [5.74, 6) is 0. The minimum Gasteiger partial charge on any atom is -0.395 e. The summed E-state index contributed by atoms with van der Waals surface area (Å²) in [7, 11) is 0.168. The molecule has 0 bridgehead atoms. The third-order valence-electron chi connectivity index (χ3n) is 0.0833. The topological polar surface area (TPSA) is 52.0 Å². The molecule has 2 nitrogen and oxygen atoms in total. The predicted molar refractivity (Wildman–Crippen MR) is 18.0 cm³/mol. The zero-order valence-corrected chi connectivity index (χ0v) is 3.15. The molecule has 0 saturated heterocycles. The molecule has 22 valence electrons. The molecule has 0 aromatic rings. The van der Waals surface area contributed by atoms with Crippen LogP contribution >= 0.6 is 0 Å². The zero-order valence-electron chi connectivity index (χ0n) is 2.15. The van der Waals surface area contributed by atoms with Crippen molar-refractivity contribution < 1.29 is 0 Å². The Labute approximate surface area is 27.0 Å². The maximum atomic E-state index is 4.82. The second-order valence-corrected chi connectivity index (χ2v) is 0.866. The van der Waals surface area contributed by atoms with Gasteiger partial charge in [0.25, 0.3) is 0 Å². The Morgan fingerprint density at radius 3 is 2.00 bits per heavy atom. The van der Waals surface area contributed by atoms with Gasteiger partial charge in [0.1, 0.15) is 9.12 Å². The molecular weight excluding hydrogens is 68.1 g/mol. The van der Waals surface area contributed by atoms with Gasteiger partial charge in [-0.25, -0.2) is 0 Å². The average Bonchev–Trinajstić information content (AvgIpc) is 1.37. The summed E-state index contributed by atoms with van der Waals surface area (Å²) in [6.07, 6.45) is 0. The fourth-order valence-corrected chi connectivity index (χ4v) is 0. The summed E-state index contributed by atoms with van der Waals surface area (Å²) in [5.41, 5.74) is 6.90. The predicted octanol–water partition coefficient (Wildman–Crippen LogP) is -1.56. The SMILES string of the molecule is NC#[Si]N. The number of rotatable bonds is 0. The average molecular weight is 72.1 g/mol. The van der Waals surface area contributed by atoms with Gasteiger partial charge in [-0.05, 0) is 5.62 Å². The Balaban J connectivity index is 2.83. The van der Waals surface area contributed by atoms with E-state index in [2.05, 4.69) is 11.4 Å². The van der Waals surface area contributed by atoms with E-state index in [1.165, 1.54) is 0 Å². The molecule has 0 unspecified atom stereocenters. The van der Waals surface area contributed by atoms with E-state index >= 15 is 0 Å². The van der Waals surface area contributed by atoms with Gasteiger partial charge >= 0.3 is 0 Å². The standard InChI is InChI=1S/CH4N2Si/c2-1-4-3/h2-3H2. The molecule has 0 amide bonds. The maximum absolute atomic E-state index is 4.82. The second kappa shape index (κ2) is 2.60. The van der Waals surface area contributed by atoms with Crippen LogP contribution in [-0.4, -0.2) is 9.12 Å². The zero-order chi connectivity index (χ0) is 3.41. The van der Waals surface area contributed by atoms with Crippen LogP contribution in [0.1, 0.15) is 0 Å². The molecule has 4 heavy (non-hydrogen) atoms. The summed E-state index contributed by atoms with van der Waals surface area (Å²) in [4.78, 5) is 0. The molecule has 0 aliphatic carbocycles. The van der Waals surface area contributed by atoms with Crippen LogP contribution < -0.4 is 11.1 Å². The smallest absolute Gasteiger partial charge is 0.137 e. The van der Waals surface area contributed by atoms with Gasteiger partial charge in [-0.3, -0.25) is 0 Å². The molecule has 0 fully saturated rings. The molecule has 0 rings (SSSR count). The van der Waals surface area contributed by atoms with E-state index < -0.39 is 0 Å². The Hall–Kier alpha value is -0.403. The molecule has 3 heteroatoms. The van der Waals surface area contributed by atoms with Crippen molar-refractivity contribution in [3.8, 4) is 5.62 Å². The van der Waals surface area contributed by atoms with Crippen molar-refractivity contribution >= 4 is 9.12 Å². The van der Waals surface area contributed by atoms with Gasteiger partial charge in [-0.1, -0.05) is 0 Å². The molecule has 0 aliphatic rings. The highest BCUT2D eigenvalue weighted by Gasteiger charge is 1.25. The summed E-state index contributed by atoms with van der Waals surface area (Å²) in [6.45, 7) is 0. The molecular formula is CH4N2Si. The fraction of sp³-hybridized carbons (Fsp3) is 0.